The lowest BCUT2D eigenvalue weighted by Crippen LogP contribution is -2.47. The van der Waals surface area contributed by atoms with Gasteiger partial charge in [0.05, 0.1) is 23.7 Å². The van der Waals surface area contributed by atoms with Crippen LogP contribution in [0.25, 0.3) is 0 Å². The van der Waals surface area contributed by atoms with E-state index in [2.05, 4.69) is 25.5 Å². The topological polar surface area (TPSA) is 89.9 Å². The van der Waals surface area contributed by atoms with Gasteiger partial charge in [-0.15, -0.1) is 24.0 Å². The van der Waals surface area contributed by atoms with Gasteiger partial charge in [0.1, 0.15) is 0 Å². The molecule has 0 unspecified atom stereocenters. The number of nitrogens with one attached hydrogen (secondary N) is 2. The summed E-state index contributed by atoms with van der Waals surface area (Å²) in [5.41, 5.74) is 1.59. The van der Waals surface area contributed by atoms with Gasteiger partial charge in [-0.1, -0.05) is 24.3 Å². The van der Waals surface area contributed by atoms with Crippen LogP contribution in [-0.4, -0.2) is 68.3 Å². The van der Waals surface area contributed by atoms with Crippen molar-refractivity contribution in [2.75, 3.05) is 39.8 Å². The van der Waals surface area contributed by atoms with E-state index < -0.39 is 10.0 Å². The predicted octanol–water partition coefficient (Wildman–Crippen LogP) is 1.89. The van der Waals surface area contributed by atoms with E-state index in [1.54, 1.807) is 22.6 Å². The number of piperazine rings is 1. The van der Waals surface area contributed by atoms with Gasteiger partial charge in [0.2, 0.25) is 10.0 Å². The molecule has 1 aromatic heterocycles. The van der Waals surface area contributed by atoms with Gasteiger partial charge in [-0.25, -0.2) is 13.4 Å². The maximum Gasteiger partial charge on any atom is 0.243 e. The van der Waals surface area contributed by atoms with Crippen LogP contribution in [0.3, 0.4) is 0 Å². The van der Waals surface area contributed by atoms with E-state index >= 15 is 0 Å². The number of rotatable bonds is 7. The molecule has 2 aromatic rings. The highest BCUT2D eigenvalue weighted by Crippen LogP contribution is 2.22. The Hall–Kier alpha value is -1.76. The average Bonchev–Trinajstić information content (AvgIpc) is 2.77. The van der Waals surface area contributed by atoms with Crippen molar-refractivity contribution in [1.29, 1.82) is 0 Å². The summed E-state index contributed by atoms with van der Waals surface area (Å²) in [6, 6.07) is 12.9. The van der Waals surface area contributed by atoms with Crippen molar-refractivity contribution in [3.8, 4) is 0 Å². The first kappa shape index (κ1) is 25.5. The summed E-state index contributed by atoms with van der Waals surface area (Å²) < 4.78 is 28.0. The fraction of sp³-hybridized carbons (Fsp3) is 0.429. The van der Waals surface area contributed by atoms with Crippen LogP contribution in [0.2, 0.25) is 0 Å². The third-order valence-electron chi connectivity index (χ3n) is 4.97. The molecule has 0 radical (unpaired) electrons. The van der Waals surface area contributed by atoms with Gasteiger partial charge in [-0.05, 0) is 37.7 Å². The molecule has 1 aliphatic heterocycles. The number of hydrogen-bond acceptors (Lipinski definition) is 5. The Bertz CT molecular complexity index is 947. The molecule has 31 heavy (non-hydrogen) atoms. The second-order valence-electron chi connectivity index (χ2n) is 7.18. The van der Waals surface area contributed by atoms with E-state index in [1.165, 1.54) is 0 Å². The zero-order valence-electron chi connectivity index (χ0n) is 18.0. The Labute approximate surface area is 202 Å². The fourth-order valence-corrected chi connectivity index (χ4v) is 4.87. The third kappa shape index (κ3) is 7.13. The number of pyridine rings is 1. The van der Waals surface area contributed by atoms with Crippen LogP contribution < -0.4 is 10.6 Å². The monoisotopic (exact) mass is 558 g/mol. The minimum absolute atomic E-state index is 0. The largest absolute Gasteiger partial charge is 0.357 e. The van der Waals surface area contributed by atoms with E-state index in [-0.39, 0.29) is 30.5 Å². The third-order valence-corrected chi connectivity index (χ3v) is 6.97. The van der Waals surface area contributed by atoms with Crippen molar-refractivity contribution in [2.24, 2.45) is 4.99 Å². The first-order valence-corrected chi connectivity index (χ1v) is 11.6. The number of halogens is 1. The fourth-order valence-electron chi connectivity index (χ4n) is 3.24. The highest BCUT2D eigenvalue weighted by atomic mass is 127. The normalized spacial score (nSPS) is 15.9. The molecule has 170 valence electrons. The molecular formula is C21H31IN6O2S. The Morgan fingerprint density at radius 2 is 1.77 bits per heavy atom. The first-order chi connectivity index (χ1) is 14.5. The van der Waals surface area contributed by atoms with Gasteiger partial charge in [0, 0.05) is 38.9 Å². The summed E-state index contributed by atoms with van der Waals surface area (Å²) in [5, 5.41) is 6.44. The SMILES string of the molecule is CCNC(=NCc1ccccc1S(=O)(=O)N1CCN(C)CC1)NCc1ccccn1.I. The average molecular weight is 558 g/mol. The summed E-state index contributed by atoms with van der Waals surface area (Å²) in [7, 11) is -1.54. The van der Waals surface area contributed by atoms with Gasteiger partial charge in [0.25, 0.3) is 0 Å². The Morgan fingerprint density at radius 3 is 2.45 bits per heavy atom. The maximum atomic E-state index is 13.2. The van der Waals surface area contributed by atoms with Crippen molar-refractivity contribution in [1.82, 2.24) is 24.8 Å². The summed E-state index contributed by atoms with van der Waals surface area (Å²) in [6.45, 7) is 5.98. The Morgan fingerprint density at radius 1 is 1.06 bits per heavy atom. The quantitative estimate of drug-likeness (QED) is 0.307. The molecule has 0 bridgehead atoms. The van der Waals surface area contributed by atoms with Crippen molar-refractivity contribution in [3.05, 3.63) is 59.9 Å². The molecule has 3 rings (SSSR count). The highest BCUT2D eigenvalue weighted by Gasteiger charge is 2.29. The summed E-state index contributed by atoms with van der Waals surface area (Å²) in [4.78, 5) is 11.4. The van der Waals surface area contributed by atoms with E-state index in [0.717, 1.165) is 18.8 Å². The molecule has 0 spiro atoms. The molecule has 2 heterocycles. The minimum atomic E-state index is -3.54. The standard InChI is InChI=1S/C21H30N6O2S.HI/c1-3-22-21(25-17-19-9-6-7-11-23-19)24-16-18-8-4-5-10-20(18)30(28,29)27-14-12-26(2)13-15-27;/h4-11H,3,12-17H2,1-2H3,(H2,22,24,25);1H. The van der Waals surface area contributed by atoms with E-state index in [4.69, 9.17) is 0 Å². The highest BCUT2D eigenvalue weighted by molar-refractivity contribution is 14.0. The van der Waals surface area contributed by atoms with Crippen LogP contribution in [0.5, 0.6) is 0 Å². The Kier molecular flexibility index (Phi) is 10.1. The van der Waals surface area contributed by atoms with Gasteiger partial charge in [-0.3, -0.25) is 4.98 Å². The van der Waals surface area contributed by atoms with E-state index in [1.807, 2.05) is 44.3 Å². The van der Waals surface area contributed by atoms with E-state index in [0.29, 0.717) is 42.6 Å². The van der Waals surface area contributed by atoms with Crippen LogP contribution in [0, 0.1) is 0 Å². The number of guanidine groups is 1. The molecule has 0 saturated carbocycles. The molecule has 8 nitrogen and oxygen atoms in total. The first-order valence-electron chi connectivity index (χ1n) is 10.2. The lowest BCUT2D eigenvalue weighted by atomic mass is 10.2. The molecular weight excluding hydrogens is 527 g/mol. The number of aromatic nitrogens is 1. The lowest BCUT2D eigenvalue weighted by molar-refractivity contribution is 0.222. The molecule has 2 N–H and O–H groups in total. The zero-order valence-corrected chi connectivity index (χ0v) is 21.1. The van der Waals surface area contributed by atoms with Gasteiger partial charge >= 0.3 is 0 Å². The number of sulfonamides is 1. The number of aliphatic imine (C=N–C) groups is 1. The van der Waals surface area contributed by atoms with Gasteiger partial charge in [-0.2, -0.15) is 4.31 Å². The van der Waals surface area contributed by atoms with Crippen LogP contribution in [0.15, 0.2) is 58.5 Å². The van der Waals surface area contributed by atoms with Crippen molar-refractivity contribution in [3.63, 3.8) is 0 Å². The number of likely N-dealkylation sites (N-methyl/N-ethyl adjacent to an activating group) is 1. The van der Waals surface area contributed by atoms with Crippen molar-refractivity contribution >= 4 is 40.0 Å². The van der Waals surface area contributed by atoms with Crippen LogP contribution in [0.1, 0.15) is 18.2 Å². The molecule has 1 aliphatic rings. The Balaban J connectivity index is 0.00000341. The maximum absolute atomic E-state index is 13.2. The lowest BCUT2D eigenvalue weighted by Gasteiger charge is -2.32. The molecule has 1 aromatic carbocycles. The second kappa shape index (κ2) is 12.3. The number of nitrogens with zero attached hydrogens (tertiary/aromatic N) is 4. The van der Waals surface area contributed by atoms with Crippen LogP contribution in [-0.2, 0) is 23.1 Å². The van der Waals surface area contributed by atoms with Gasteiger partial charge in [0.15, 0.2) is 5.96 Å². The molecule has 0 aliphatic carbocycles. The van der Waals surface area contributed by atoms with Crippen molar-refractivity contribution in [2.45, 2.75) is 24.9 Å². The van der Waals surface area contributed by atoms with Gasteiger partial charge < -0.3 is 15.5 Å². The molecule has 0 amide bonds. The number of benzene rings is 1. The zero-order chi connectivity index (χ0) is 21.4. The minimum Gasteiger partial charge on any atom is -0.357 e. The second-order valence-corrected chi connectivity index (χ2v) is 9.09. The smallest absolute Gasteiger partial charge is 0.243 e. The predicted molar refractivity (Wildman–Crippen MR) is 134 cm³/mol. The molecule has 0 atom stereocenters. The van der Waals surface area contributed by atoms with E-state index in [9.17, 15) is 8.42 Å². The van der Waals surface area contributed by atoms with Crippen LogP contribution >= 0.6 is 24.0 Å². The summed E-state index contributed by atoms with van der Waals surface area (Å²) >= 11 is 0. The molecule has 1 saturated heterocycles. The summed E-state index contributed by atoms with van der Waals surface area (Å²) in [5.74, 6) is 0.620. The van der Waals surface area contributed by atoms with Crippen molar-refractivity contribution < 1.29 is 8.42 Å². The number of hydrogen-bond donors (Lipinski definition) is 2. The molecule has 10 heteroatoms. The molecule has 1 fully saturated rings. The summed E-state index contributed by atoms with van der Waals surface area (Å²) in [6.07, 6.45) is 1.75. The van der Waals surface area contributed by atoms with Crippen LogP contribution in [0.4, 0.5) is 0 Å².